The van der Waals surface area contributed by atoms with Crippen LogP contribution in [-0.2, 0) is 17.7 Å². The number of pyridine rings is 1. The summed E-state index contributed by atoms with van der Waals surface area (Å²) in [4.78, 5) is 23.9. The maximum Gasteiger partial charge on any atom is 0.347 e. The van der Waals surface area contributed by atoms with E-state index < -0.39 is 11.5 Å². The molecule has 5 heteroatoms. The number of benzene rings is 1. The molecule has 0 saturated heterocycles. The Morgan fingerprint density at radius 2 is 1.95 bits per heavy atom. The van der Waals surface area contributed by atoms with Gasteiger partial charge in [0.25, 0.3) is 5.56 Å². The fraction of sp³-hybridized carbons (Fsp3) is 0.250. The molecule has 0 unspecified atom stereocenters. The highest BCUT2D eigenvalue weighted by atomic mass is 16.5. The molecule has 0 spiro atoms. The van der Waals surface area contributed by atoms with Crippen molar-refractivity contribution in [2.45, 2.75) is 19.9 Å². The van der Waals surface area contributed by atoms with Gasteiger partial charge in [0.2, 0.25) is 0 Å². The van der Waals surface area contributed by atoms with Crippen LogP contribution < -0.4 is 5.56 Å². The third-order valence-electron chi connectivity index (χ3n) is 3.11. The zero-order valence-corrected chi connectivity index (χ0v) is 11.8. The maximum atomic E-state index is 12.2. The predicted molar refractivity (Wildman–Crippen MR) is 78.5 cm³/mol. The van der Waals surface area contributed by atoms with Gasteiger partial charge in [0.05, 0.1) is 6.61 Å². The van der Waals surface area contributed by atoms with Crippen molar-refractivity contribution in [3.63, 3.8) is 0 Å². The fourth-order valence-corrected chi connectivity index (χ4v) is 2.03. The van der Waals surface area contributed by atoms with Gasteiger partial charge in [-0.15, -0.1) is 0 Å². The lowest BCUT2D eigenvalue weighted by Gasteiger charge is -2.09. The van der Waals surface area contributed by atoms with Crippen LogP contribution in [0.15, 0.2) is 47.4 Å². The first-order chi connectivity index (χ1) is 10.1. The number of carbonyl (C=O) groups excluding carboxylic acids is 1. The summed E-state index contributed by atoms with van der Waals surface area (Å²) in [5.41, 5.74) is 0.243. The molecule has 0 atom stereocenters. The zero-order valence-electron chi connectivity index (χ0n) is 11.8. The fourth-order valence-electron chi connectivity index (χ4n) is 2.03. The van der Waals surface area contributed by atoms with Crippen molar-refractivity contribution in [3.8, 4) is 5.75 Å². The lowest BCUT2D eigenvalue weighted by molar-refractivity contribution is 0.0520. The third kappa shape index (κ3) is 3.51. The summed E-state index contributed by atoms with van der Waals surface area (Å²) in [6.07, 6.45) is 2.14. The van der Waals surface area contributed by atoms with Gasteiger partial charge >= 0.3 is 5.97 Å². The standard InChI is InChI=1S/C16H17NO4/c1-2-21-16(20)14-13(18)9-11-17(15(14)19)10-8-12-6-4-3-5-7-12/h3-7,9,11,18H,2,8,10H2,1H3. The Kier molecular flexibility index (Phi) is 4.77. The molecule has 0 fully saturated rings. The lowest BCUT2D eigenvalue weighted by atomic mass is 10.1. The second-order valence-corrected chi connectivity index (χ2v) is 4.53. The van der Waals surface area contributed by atoms with Crippen LogP contribution in [0, 0.1) is 0 Å². The quantitative estimate of drug-likeness (QED) is 0.854. The minimum Gasteiger partial charge on any atom is -0.507 e. The number of esters is 1. The summed E-state index contributed by atoms with van der Waals surface area (Å²) in [6, 6.07) is 11.1. The molecular weight excluding hydrogens is 270 g/mol. The number of aromatic nitrogens is 1. The SMILES string of the molecule is CCOC(=O)c1c(O)ccn(CCc2ccccc2)c1=O. The molecule has 0 aliphatic heterocycles. The monoisotopic (exact) mass is 287 g/mol. The van der Waals surface area contributed by atoms with Crippen LogP contribution in [0.2, 0.25) is 0 Å². The first-order valence-electron chi connectivity index (χ1n) is 6.77. The van der Waals surface area contributed by atoms with E-state index >= 15 is 0 Å². The van der Waals surface area contributed by atoms with Gasteiger partial charge in [0.15, 0.2) is 5.56 Å². The van der Waals surface area contributed by atoms with E-state index in [2.05, 4.69) is 0 Å². The van der Waals surface area contributed by atoms with Crippen LogP contribution in [0.5, 0.6) is 5.75 Å². The third-order valence-corrected chi connectivity index (χ3v) is 3.11. The van der Waals surface area contributed by atoms with Crippen LogP contribution in [0.1, 0.15) is 22.8 Å². The van der Waals surface area contributed by atoms with Crippen LogP contribution in [-0.4, -0.2) is 22.2 Å². The molecule has 21 heavy (non-hydrogen) atoms. The van der Waals surface area contributed by atoms with E-state index in [0.717, 1.165) is 5.56 Å². The van der Waals surface area contributed by atoms with Gasteiger partial charge in [-0.2, -0.15) is 0 Å². The van der Waals surface area contributed by atoms with Crippen LogP contribution in [0.4, 0.5) is 0 Å². The van der Waals surface area contributed by atoms with E-state index in [4.69, 9.17) is 4.74 Å². The number of nitrogens with zero attached hydrogens (tertiary/aromatic N) is 1. The molecule has 5 nitrogen and oxygen atoms in total. The minimum absolute atomic E-state index is 0.149. The van der Waals surface area contributed by atoms with Crippen LogP contribution in [0.3, 0.4) is 0 Å². The second-order valence-electron chi connectivity index (χ2n) is 4.53. The number of ether oxygens (including phenoxy) is 1. The predicted octanol–water partition coefficient (Wildman–Crippen LogP) is 1.97. The van der Waals surface area contributed by atoms with E-state index in [1.165, 1.54) is 16.8 Å². The largest absolute Gasteiger partial charge is 0.507 e. The average molecular weight is 287 g/mol. The van der Waals surface area contributed by atoms with E-state index in [9.17, 15) is 14.7 Å². The molecule has 110 valence electrons. The molecule has 1 N–H and O–H groups in total. The Balaban J connectivity index is 2.23. The molecule has 0 amide bonds. The lowest BCUT2D eigenvalue weighted by Crippen LogP contribution is -2.27. The van der Waals surface area contributed by atoms with Gasteiger partial charge in [0.1, 0.15) is 5.75 Å². The molecule has 0 aliphatic rings. The molecule has 1 aromatic carbocycles. The highest BCUT2D eigenvalue weighted by molar-refractivity contribution is 5.91. The Bertz CT molecular complexity index is 676. The van der Waals surface area contributed by atoms with Crippen molar-refractivity contribution in [2.24, 2.45) is 0 Å². The van der Waals surface area contributed by atoms with E-state index in [1.807, 2.05) is 30.3 Å². The summed E-state index contributed by atoms with van der Waals surface area (Å²) < 4.78 is 6.20. The molecule has 0 aliphatic carbocycles. The Morgan fingerprint density at radius 3 is 2.62 bits per heavy atom. The molecule has 0 saturated carbocycles. The topological polar surface area (TPSA) is 68.5 Å². The minimum atomic E-state index is -0.797. The number of aromatic hydroxyl groups is 1. The molecule has 0 bridgehead atoms. The number of aryl methyl sites for hydroxylation is 2. The number of hydrogen-bond acceptors (Lipinski definition) is 4. The Labute approximate surface area is 122 Å². The molecule has 1 aromatic heterocycles. The van der Waals surface area contributed by atoms with Gasteiger partial charge in [-0.1, -0.05) is 30.3 Å². The smallest absolute Gasteiger partial charge is 0.347 e. The summed E-state index contributed by atoms with van der Waals surface area (Å²) >= 11 is 0. The van der Waals surface area contributed by atoms with E-state index in [0.29, 0.717) is 13.0 Å². The molecule has 2 rings (SSSR count). The Morgan fingerprint density at radius 1 is 1.24 bits per heavy atom. The van der Waals surface area contributed by atoms with Gasteiger partial charge < -0.3 is 14.4 Å². The van der Waals surface area contributed by atoms with Gasteiger partial charge in [-0.3, -0.25) is 4.79 Å². The first kappa shape index (κ1) is 14.8. The molecule has 2 aromatic rings. The van der Waals surface area contributed by atoms with Crippen molar-refractivity contribution < 1.29 is 14.6 Å². The Hall–Kier alpha value is -2.56. The zero-order chi connectivity index (χ0) is 15.2. The highest BCUT2D eigenvalue weighted by Crippen LogP contribution is 2.13. The van der Waals surface area contributed by atoms with Crippen LogP contribution in [0.25, 0.3) is 0 Å². The van der Waals surface area contributed by atoms with E-state index in [-0.39, 0.29) is 17.9 Å². The number of hydrogen-bond donors (Lipinski definition) is 1. The average Bonchev–Trinajstić information content (AvgIpc) is 2.48. The summed E-state index contributed by atoms with van der Waals surface area (Å²) in [7, 11) is 0. The molecular formula is C16H17NO4. The number of carbonyl (C=O) groups is 1. The van der Waals surface area contributed by atoms with Crippen molar-refractivity contribution >= 4 is 5.97 Å². The second kappa shape index (κ2) is 6.74. The summed E-state index contributed by atoms with van der Waals surface area (Å²) in [5.74, 6) is -1.15. The van der Waals surface area contributed by atoms with Crippen molar-refractivity contribution in [1.82, 2.24) is 4.57 Å². The van der Waals surface area contributed by atoms with Gasteiger partial charge in [0, 0.05) is 12.7 Å². The summed E-state index contributed by atoms with van der Waals surface area (Å²) in [5, 5.41) is 9.68. The van der Waals surface area contributed by atoms with Crippen molar-refractivity contribution in [1.29, 1.82) is 0 Å². The summed E-state index contributed by atoms with van der Waals surface area (Å²) in [6.45, 7) is 2.22. The van der Waals surface area contributed by atoms with Gasteiger partial charge in [-0.05, 0) is 25.0 Å². The normalized spacial score (nSPS) is 10.3. The van der Waals surface area contributed by atoms with Crippen LogP contribution >= 0.6 is 0 Å². The van der Waals surface area contributed by atoms with Crippen molar-refractivity contribution in [2.75, 3.05) is 6.61 Å². The first-order valence-corrected chi connectivity index (χ1v) is 6.77. The molecule has 0 radical (unpaired) electrons. The van der Waals surface area contributed by atoms with Gasteiger partial charge in [-0.25, -0.2) is 4.79 Å². The molecule has 1 heterocycles. The van der Waals surface area contributed by atoms with E-state index in [1.54, 1.807) is 6.92 Å². The van der Waals surface area contributed by atoms with Crippen molar-refractivity contribution in [3.05, 3.63) is 64.1 Å². The highest BCUT2D eigenvalue weighted by Gasteiger charge is 2.18. The number of rotatable bonds is 5. The maximum absolute atomic E-state index is 12.2.